The number of aryl methyl sites for hydroxylation is 1. The van der Waals surface area contributed by atoms with Crippen LogP contribution in [0, 0.1) is 0 Å². The van der Waals surface area contributed by atoms with E-state index < -0.39 is 31.4 Å². The highest BCUT2D eigenvalue weighted by Crippen LogP contribution is 2.22. The number of hydrogen-bond acceptors (Lipinski definition) is 8. The number of hydrogen-bond donors (Lipinski definition) is 3. The lowest BCUT2D eigenvalue weighted by Crippen LogP contribution is -2.24. The monoisotopic (exact) mass is 528 g/mol. The molecule has 208 valence electrons. The molecule has 0 heterocycles. The number of unbranched alkanes of at least 4 members (excludes halogenated alkanes) is 2. The van der Waals surface area contributed by atoms with Gasteiger partial charge in [-0.2, -0.15) is 0 Å². The van der Waals surface area contributed by atoms with Crippen LogP contribution in [0.4, 0.5) is 0 Å². The molecule has 2 atom stereocenters. The second-order valence-corrected chi connectivity index (χ2v) is 8.93. The molecule has 2 aromatic rings. The van der Waals surface area contributed by atoms with Gasteiger partial charge < -0.3 is 34.3 Å². The van der Waals surface area contributed by atoms with Gasteiger partial charge in [0, 0.05) is 11.5 Å². The minimum Gasteiger partial charge on any atom is -0.490 e. The molecule has 0 aromatic heterocycles. The largest absolute Gasteiger partial charge is 0.490 e. The summed E-state index contributed by atoms with van der Waals surface area (Å²) >= 11 is 0. The van der Waals surface area contributed by atoms with Crippen LogP contribution in [0.3, 0.4) is 0 Å². The van der Waals surface area contributed by atoms with Crippen molar-refractivity contribution in [2.24, 2.45) is 0 Å². The van der Waals surface area contributed by atoms with Gasteiger partial charge in [0.05, 0.1) is 25.4 Å². The summed E-state index contributed by atoms with van der Waals surface area (Å²) < 4.78 is 22.2. The molecule has 38 heavy (non-hydrogen) atoms. The predicted molar refractivity (Wildman–Crippen MR) is 145 cm³/mol. The lowest BCUT2D eigenvalue weighted by molar-refractivity contribution is -0.141. The summed E-state index contributed by atoms with van der Waals surface area (Å²) in [4.78, 5) is 11.9. The third kappa shape index (κ3) is 11.1. The molecule has 0 fully saturated rings. The number of esters is 1. The third-order valence-corrected chi connectivity index (χ3v) is 5.87. The summed E-state index contributed by atoms with van der Waals surface area (Å²) in [5.74, 6) is 0.288. The van der Waals surface area contributed by atoms with E-state index >= 15 is 0 Å². The number of carbonyl (C=O) groups is 1. The second-order valence-electron chi connectivity index (χ2n) is 8.93. The van der Waals surface area contributed by atoms with Crippen LogP contribution < -0.4 is 9.47 Å². The molecule has 8 heteroatoms. The number of aliphatic hydroxyl groups excluding tert-OH is 3. The van der Waals surface area contributed by atoms with Gasteiger partial charge in [0.15, 0.2) is 6.29 Å². The number of carbonyl (C=O) groups excluding carboxylic acids is 1. The zero-order chi connectivity index (χ0) is 27.8. The molecule has 0 amide bonds. The van der Waals surface area contributed by atoms with E-state index in [1.54, 1.807) is 12.1 Å². The lowest BCUT2D eigenvalue weighted by Gasteiger charge is -2.21. The lowest BCUT2D eigenvalue weighted by atomic mass is 10.0. The Kier molecular flexibility index (Phi) is 14.2. The summed E-state index contributed by atoms with van der Waals surface area (Å²) in [5, 5.41) is 28.1. The SMILES string of the molecule is C=C(CO)C(=O)OCC(COC(O)C(=C)CO)c1ccc(OCCOc2ccc(CCCCC)cc2)cc1. The standard InChI is InChI=1S/C30H40O8/c1-4-5-6-7-24-8-12-27(13-9-24)35-16-17-36-28-14-10-25(11-15-28)26(20-37-29(33)22(2)18-31)21-38-30(34)23(3)19-32/h8-15,26,29,31-33H,2-7,16-21H2,1H3. The van der Waals surface area contributed by atoms with E-state index in [9.17, 15) is 9.90 Å². The maximum atomic E-state index is 11.9. The number of aliphatic hydroxyl groups is 3. The van der Waals surface area contributed by atoms with Crippen molar-refractivity contribution < 1.29 is 39.1 Å². The molecular formula is C30H40O8. The summed E-state index contributed by atoms with van der Waals surface area (Å²) in [6.07, 6.45) is 3.37. The first-order chi connectivity index (χ1) is 18.4. The van der Waals surface area contributed by atoms with Crippen molar-refractivity contribution in [3.63, 3.8) is 0 Å². The average Bonchev–Trinajstić information content (AvgIpc) is 2.95. The van der Waals surface area contributed by atoms with Gasteiger partial charge in [0.2, 0.25) is 0 Å². The van der Waals surface area contributed by atoms with Crippen LogP contribution in [0.15, 0.2) is 72.8 Å². The molecule has 0 spiro atoms. The summed E-state index contributed by atoms with van der Waals surface area (Å²) in [5.41, 5.74) is 2.14. The normalized spacial score (nSPS) is 12.4. The van der Waals surface area contributed by atoms with Crippen LogP contribution in [0.2, 0.25) is 0 Å². The molecule has 8 nitrogen and oxygen atoms in total. The van der Waals surface area contributed by atoms with Crippen molar-refractivity contribution in [3.8, 4) is 11.5 Å². The Balaban J connectivity index is 1.87. The summed E-state index contributed by atoms with van der Waals surface area (Å²) in [7, 11) is 0. The fraction of sp³-hybridized carbons (Fsp3) is 0.433. The maximum absolute atomic E-state index is 11.9. The number of ether oxygens (including phenoxy) is 4. The first kappa shape index (κ1) is 31.1. The Labute approximate surface area is 225 Å². The van der Waals surface area contributed by atoms with E-state index in [0.717, 1.165) is 17.7 Å². The highest BCUT2D eigenvalue weighted by atomic mass is 16.6. The summed E-state index contributed by atoms with van der Waals surface area (Å²) in [6, 6.07) is 15.3. The van der Waals surface area contributed by atoms with Gasteiger partial charge in [-0.3, -0.25) is 0 Å². The minimum absolute atomic E-state index is 0.00942. The van der Waals surface area contributed by atoms with Crippen molar-refractivity contribution in [2.75, 3.05) is 39.6 Å². The van der Waals surface area contributed by atoms with Crippen LogP contribution in [0.1, 0.15) is 43.2 Å². The van der Waals surface area contributed by atoms with Gasteiger partial charge in [-0.1, -0.05) is 57.2 Å². The van der Waals surface area contributed by atoms with Crippen molar-refractivity contribution in [1.82, 2.24) is 0 Å². The quantitative estimate of drug-likeness (QED) is 0.0826. The molecule has 0 aliphatic heterocycles. The van der Waals surface area contributed by atoms with Gasteiger partial charge in [-0.15, -0.1) is 0 Å². The van der Waals surface area contributed by atoms with E-state index in [1.165, 1.54) is 24.8 Å². The van der Waals surface area contributed by atoms with Crippen molar-refractivity contribution in [2.45, 2.75) is 44.8 Å². The second kappa shape index (κ2) is 17.4. The minimum atomic E-state index is -1.36. The Hall–Kier alpha value is -3.17. The van der Waals surface area contributed by atoms with E-state index in [1.807, 2.05) is 24.3 Å². The van der Waals surface area contributed by atoms with Crippen LogP contribution >= 0.6 is 0 Å². The molecule has 2 unspecified atom stereocenters. The Morgan fingerprint density at radius 2 is 1.47 bits per heavy atom. The zero-order valence-electron chi connectivity index (χ0n) is 22.1. The van der Waals surface area contributed by atoms with E-state index in [2.05, 4.69) is 32.2 Å². The van der Waals surface area contributed by atoms with Gasteiger partial charge in [0.25, 0.3) is 0 Å². The average molecular weight is 529 g/mol. The highest BCUT2D eigenvalue weighted by Gasteiger charge is 2.19. The fourth-order valence-corrected chi connectivity index (χ4v) is 3.47. The van der Waals surface area contributed by atoms with Gasteiger partial charge in [-0.25, -0.2) is 4.79 Å². The predicted octanol–water partition coefficient (Wildman–Crippen LogP) is 3.94. The molecule has 2 rings (SSSR count). The highest BCUT2D eigenvalue weighted by molar-refractivity contribution is 5.87. The Bertz CT molecular complexity index is 984. The first-order valence-electron chi connectivity index (χ1n) is 12.9. The Morgan fingerprint density at radius 3 is 2.03 bits per heavy atom. The summed E-state index contributed by atoms with van der Waals surface area (Å²) in [6.45, 7) is 8.95. The van der Waals surface area contributed by atoms with E-state index in [0.29, 0.717) is 19.0 Å². The van der Waals surface area contributed by atoms with Crippen molar-refractivity contribution in [1.29, 1.82) is 0 Å². The van der Waals surface area contributed by atoms with Crippen LogP contribution in [-0.4, -0.2) is 67.2 Å². The van der Waals surface area contributed by atoms with Crippen LogP contribution in [0.5, 0.6) is 11.5 Å². The zero-order valence-corrected chi connectivity index (χ0v) is 22.1. The molecule has 0 bridgehead atoms. The van der Waals surface area contributed by atoms with Crippen molar-refractivity contribution >= 4 is 5.97 Å². The van der Waals surface area contributed by atoms with E-state index in [4.69, 9.17) is 29.2 Å². The van der Waals surface area contributed by atoms with Gasteiger partial charge in [-0.05, 0) is 48.2 Å². The number of benzene rings is 2. The van der Waals surface area contributed by atoms with Crippen LogP contribution in [-0.2, 0) is 20.7 Å². The first-order valence-corrected chi connectivity index (χ1v) is 12.9. The fourth-order valence-electron chi connectivity index (χ4n) is 3.47. The number of rotatable bonds is 19. The molecule has 2 aromatic carbocycles. The molecule has 3 N–H and O–H groups in total. The molecule has 0 saturated carbocycles. The third-order valence-electron chi connectivity index (χ3n) is 5.87. The smallest absolute Gasteiger partial charge is 0.335 e. The van der Waals surface area contributed by atoms with Crippen molar-refractivity contribution in [3.05, 3.63) is 84.0 Å². The maximum Gasteiger partial charge on any atom is 0.335 e. The van der Waals surface area contributed by atoms with Gasteiger partial charge in [0.1, 0.15) is 31.3 Å². The van der Waals surface area contributed by atoms with E-state index in [-0.39, 0.29) is 24.4 Å². The van der Waals surface area contributed by atoms with Gasteiger partial charge >= 0.3 is 5.97 Å². The van der Waals surface area contributed by atoms with Crippen LogP contribution in [0.25, 0.3) is 0 Å². The molecule has 0 saturated heterocycles. The molecule has 0 aliphatic carbocycles. The molecule has 0 aliphatic rings. The molecular weight excluding hydrogens is 488 g/mol. The molecule has 0 radical (unpaired) electrons. The topological polar surface area (TPSA) is 115 Å². The Morgan fingerprint density at radius 1 is 0.868 bits per heavy atom.